The lowest BCUT2D eigenvalue weighted by Gasteiger charge is -2.02. The Morgan fingerprint density at radius 1 is 1.77 bits per heavy atom. The quantitative estimate of drug-likeness (QED) is 0.738. The topological polar surface area (TPSA) is 85.8 Å². The van der Waals surface area contributed by atoms with Gasteiger partial charge in [-0.25, -0.2) is 4.68 Å². The number of amides is 1. The van der Waals surface area contributed by atoms with Crippen molar-refractivity contribution >= 4 is 21.8 Å². The van der Waals surface area contributed by atoms with E-state index in [1.165, 1.54) is 4.68 Å². The van der Waals surface area contributed by atoms with Gasteiger partial charge < -0.3 is 11.1 Å². The van der Waals surface area contributed by atoms with Crippen LogP contribution in [0.4, 0.5) is 0 Å². The van der Waals surface area contributed by atoms with Gasteiger partial charge >= 0.3 is 0 Å². The summed E-state index contributed by atoms with van der Waals surface area (Å²) in [5, 5.41) is 9.98. The monoisotopic (exact) mass is 247 g/mol. The van der Waals surface area contributed by atoms with Gasteiger partial charge in [0.1, 0.15) is 0 Å². The van der Waals surface area contributed by atoms with Crippen molar-refractivity contribution in [3.63, 3.8) is 0 Å². The van der Waals surface area contributed by atoms with Crippen LogP contribution in [0.5, 0.6) is 0 Å². The number of nitrogens with two attached hydrogens (primary N) is 1. The van der Waals surface area contributed by atoms with E-state index < -0.39 is 0 Å². The third-order valence-corrected chi connectivity index (χ3v) is 1.96. The standard InChI is InChI=1S/C6H10BrN5O/c1-12-4(5(7)10-11-12)6(13)9-3-2-8/h2-3,8H2,1H3,(H,9,13). The first-order valence-electron chi connectivity index (χ1n) is 3.70. The van der Waals surface area contributed by atoms with Gasteiger partial charge in [0.05, 0.1) is 0 Å². The van der Waals surface area contributed by atoms with Gasteiger partial charge in [0.2, 0.25) is 0 Å². The van der Waals surface area contributed by atoms with Crippen molar-refractivity contribution in [2.24, 2.45) is 12.8 Å². The van der Waals surface area contributed by atoms with E-state index in [2.05, 4.69) is 31.6 Å². The van der Waals surface area contributed by atoms with Crippen molar-refractivity contribution in [2.45, 2.75) is 0 Å². The molecular formula is C6H10BrN5O. The molecule has 0 aliphatic rings. The van der Waals surface area contributed by atoms with Gasteiger partial charge in [0.25, 0.3) is 5.91 Å². The van der Waals surface area contributed by atoms with Crippen LogP contribution in [0.1, 0.15) is 10.5 Å². The molecule has 72 valence electrons. The fourth-order valence-corrected chi connectivity index (χ4v) is 1.35. The van der Waals surface area contributed by atoms with Crippen LogP contribution in [0.15, 0.2) is 4.60 Å². The Bertz CT molecular complexity index is 290. The minimum absolute atomic E-state index is 0.232. The van der Waals surface area contributed by atoms with Crippen molar-refractivity contribution in [3.05, 3.63) is 10.3 Å². The molecule has 1 amide bonds. The van der Waals surface area contributed by atoms with Crippen molar-refractivity contribution in [1.29, 1.82) is 0 Å². The molecule has 0 fully saturated rings. The summed E-state index contributed by atoms with van der Waals surface area (Å²) in [4.78, 5) is 11.4. The maximum Gasteiger partial charge on any atom is 0.272 e. The number of nitrogens with one attached hydrogen (secondary N) is 1. The number of nitrogens with zero attached hydrogens (tertiary/aromatic N) is 3. The molecule has 0 aliphatic heterocycles. The van der Waals surface area contributed by atoms with Crippen molar-refractivity contribution in [1.82, 2.24) is 20.3 Å². The van der Waals surface area contributed by atoms with Crippen LogP contribution in [-0.4, -0.2) is 34.0 Å². The molecule has 1 rings (SSSR count). The van der Waals surface area contributed by atoms with Gasteiger partial charge in [0.15, 0.2) is 10.3 Å². The van der Waals surface area contributed by atoms with Crippen LogP contribution in [-0.2, 0) is 7.05 Å². The number of aryl methyl sites for hydroxylation is 1. The SMILES string of the molecule is Cn1nnc(Br)c1C(=O)NCCN. The minimum Gasteiger partial charge on any atom is -0.349 e. The summed E-state index contributed by atoms with van der Waals surface area (Å²) in [7, 11) is 1.65. The summed E-state index contributed by atoms with van der Waals surface area (Å²) in [6.07, 6.45) is 0. The molecule has 1 aromatic heterocycles. The van der Waals surface area contributed by atoms with E-state index in [9.17, 15) is 4.79 Å². The van der Waals surface area contributed by atoms with Gasteiger partial charge in [0, 0.05) is 20.1 Å². The Hall–Kier alpha value is -0.950. The van der Waals surface area contributed by atoms with E-state index in [1.807, 2.05) is 0 Å². The zero-order valence-electron chi connectivity index (χ0n) is 7.12. The smallest absolute Gasteiger partial charge is 0.272 e. The highest BCUT2D eigenvalue weighted by Gasteiger charge is 2.15. The van der Waals surface area contributed by atoms with Crippen LogP contribution < -0.4 is 11.1 Å². The molecule has 7 heteroatoms. The predicted molar refractivity (Wildman–Crippen MR) is 50.1 cm³/mol. The fraction of sp³-hybridized carbons (Fsp3) is 0.500. The molecule has 1 heterocycles. The highest BCUT2D eigenvalue weighted by atomic mass is 79.9. The first-order chi connectivity index (χ1) is 6.16. The zero-order valence-corrected chi connectivity index (χ0v) is 8.71. The second-order valence-electron chi connectivity index (χ2n) is 2.40. The van der Waals surface area contributed by atoms with E-state index in [0.717, 1.165) is 0 Å². The van der Waals surface area contributed by atoms with Gasteiger partial charge in [-0.2, -0.15) is 0 Å². The van der Waals surface area contributed by atoms with Crippen molar-refractivity contribution in [3.8, 4) is 0 Å². The molecular weight excluding hydrogens is 238 g/mol. The normalized spacial score (nSPS) is 10.1. The Morgan fingerprint density at radius 2 is 2.46 bits per heavy atom. The average Bonchev–Trinajstić information content (AvgIpc) is 2.42. The van der Waals surface area contributed by atoms with Gasteiger partial charge in [-0.1, -0.05) is 5.21 Å². The van der Waals surface area contributed by atoms with Gasteiger partial charge in [-0.15, -0.1) is 5.10 Å². The summed E-state index contributed by atoms with van der Waals surface area (Å²) < 4.78 is 1.83. The van der Waals surface area contributed by atoms with Crippen LogP contribution in [0.3, 0.4) is 0 Å². The Kier molecular flexibility index (Phi) is 3.38. The van der Waals surface area contributed by atoms with Crippen molar-refractivity contribution in [2.75, 3.05) is 13.1 Å². The Morgan fingerprint density at radius 3 is 2.92 bits per heavy atom. The molecule has 0 atom stereocenters. The van der Waals surface area contributed by atoms with Crippen LogP contribution in [0.2, 0.25) is 0 Å². The van der Waals surface area contributed by atoms with Crippen molar-refractivity contribution < 1.29 is 4.79 Å². The summed E-state index contributed by atoms with van der Waals surface area (Å²) in [6, 6.07) is 0. The van der Waals surface area contributed by atoms with Crippen LogP contribution in [0.25, 0.3) is 0 Å². The molecule has 3 N–H and O–H groups in total. The summed E-state index contributed by atoms with van der Waals surface area (Å²) in [6.45, 7) is 0.852. The Labute approximate surface area is 83.6 Å². The van der Waals surface area contributed by atoms with E-state index in [-0.39, 0.29) is 5.91 Å². The lowest BCUT2D eigenvalue weighted by molar-refractivity contribution is 0.0944. The summed E-state index contributed by atoms with van der Waals surface area (Å²) in [5.74, 6) is -0.232. The van der Waals surface area contributed by atoms with Gasteiger partial charge in [-0.3, -0.25) is 4.79 Å². The lowest BCUT2D eigenvalue weighted by Crippen LogP contribution is -2.30. The molecule has 0 aromatic carbocycles. The third-order valence-electron chi connectivity index (χ3n) is 1.43. The third kappa shape index (κ3) is 2.25. The average molecular weight is 248 g/mol. The molecule has 0 bridgehead atoms. The molecule has 13 heavy (non-hydrogen) atoms. The highest BCUT2D eigenvalue weighted by Crippen LogP contribution is 2.10. The number of carbonyl (C=O) groups is 1. The van der Waals surface area contributed by atoms with E-state index in [1.54, 1.807) is 7.05 Å². The largest absolute Gasteiger partial charge is 0.349 e. The number of carbonyl (C=O) groups excluding carboxylic acids is 1. The maximum absolute atomic E-state index is 11.4. The Balaban J connectivity index is 2.76. The van der Waals surface area contributed by atoms with Gasteiger partial charge in [-0.05, 0) is 15.9 Å². The fourth-order valence-electron chi connectivity index (χ4n) is 0.842. The number of rotatable bonds is 3. The molecule has 0 radical (unpaired) electrons. The van der Waals surface area contributed by atoms with E-state index in [4.69, 9.17) is 5.73 Å². The molecule has 0 spiro atoms. The number of aromatic nitrogens is 3. The highest BCUT2D eigenvalue weighted by molar-refractivity contribution is 9.10. The van der Waals surface area contributed by atoms with E-state index >= 15 is 0 Å². The lowest BCUT2D eigenvalue weighted by atomic mass is 10.4. The number of hydrogen-bond acceptors (Lipinski definition) is 4. The molecule has 0 aliphatic carbocycles. The second-order valence-corrected chi connectivity index (χ2v) is 3.15. The van der Waals surface area contributed by atoms with E-state index in [0.29, 0.717) is 23.4 Å². The first-order valence-corrected chi connectivity index (χ1v) is 4.49. The summed E-state index contributed by atoms with van der Waals surface area (Å²) in [5.41, 5.74) is 5.64. The predicted octanol–water partition coefficient (Wildman–Crippen LogP) is -0.734. The second kappa shape index (κ2) is 4.33. The number of hydrogen-bond donors (Lipinski definition) is 2. The molecule has 6 nitrogen and oxygen atoms in total. The first kappa shape index (κ1) is 10.1. The minimum atomic E-state index is -0.232. The van der Waals surface area contributed by atoms with Crippen LogP contribution in [0, 0.1) is 0 Å². The molecule has 0 unspecified atom stereocenters. The zero-order chi connectivity index (χ0) is 9.84. The molecule has 0 saturated carbocycles. The van der Waals surface area contributed by atoms with Crippen LogP contribution >= 0.6 is 15.9 Å². The summed E-state index contributed by atoms with van der Waals surface area (Å²) >= 11 is 3.12. The number of halogens is 1. The molecule has 1 aromatic rings. The molecule has 0 saturated heterocycles. The maximum atomic E-state index is 11.4.